The van der Waals surface area contributed by atoms with E-state index in [-0.39, 0.29) is 11.8 Å². The summed E-state index contributed by atoms with van der Waals surface area (Å²) in [5, 5.41) is 18.2. The van der Waals surface area contributed by atoms with Gasteiger partial charge in [-0.3, -0.25) is 10.8 Å². The minimum Gasteiger partial charge on any atom is -0.481 e. The van der Waals surface area contributed by atoms with E-state index >= 15 is 0 Å². The van der Waals surface area contributed by atoms with Crippen LogP contribution in [0.2, 0.25) is 0 Å². The van der Waals surface area contributed by atoms with Crippen LogP contribution in [-0.4, -0.2) is 30.4 Å². The number of anilines is 1. The van der Waals surface area contributed by atoms with Crippen LogP contribution >= 0.6 is 0 Å². The lowest BCUT2D eigenvalue weighted by Gasteiger charge is -2.09. The van der Waals surface area contributed by atoms with Gasteiger partial charge in [0.2, 0.25) is 5.88 Å². The first kappa shape index (κ1) is 19.4. The smallest absolute Gasteiger partial charge is 0.213 e. The third-order valence-electron chi connectivity index (χ3n) is 3.83. The van der Waals surface area contributed by atoms with Crippen LogP contribution in [0.3, 0.4) is 0 Å². The summed E-state index contributed by atoms with van der Waals surface area (Å²) in [5.74, 6) is 0.850. The van der Waals surface area contributed by atoms with Crippen LogP contribution in [0.15, 0.2) is 42.6 Å². The van der Waals surface area contributed by atoms with Gasteiger partial charge < -0.3 is 14.8 Å². The Kier molecular flexibility index (Phi) is 7.61. The minimum atomic E-state index is 0.0726. The largest absolute Gasteiger partial charge is 0.481 e. The molecule has 0 bridgehead atoms. The highest BCUT2D eigenvalue weighted by Crippen LogP contribution is 2.24. The average Bonchev–Trinajstić information content (AvgIpc) is 2.64. The Balaban J connectivity index is 1.77. The van der Waals surface area contributed by atoms with Gasteiger partial charge in [-0.1, -0.05) is 18.6 Å². The Morgan fingerprint density at radius 1 is 1.08 bits per heavy atom. The molecule has 0 aliphatic carbocycles. The molecular weight excluding hydrogens is 328 g/mol. The topological polar surface area (TPSA) is 91.1 Å². The molecule has 138 valence electrons. The standard InChI is InChI=1S/C20H26N4O2/c1-15(21)26-19(22)9-4-3-5-11-23-18-8-6-7-16(13-18)17-10-12-24-20(14-17)25-2/h6-8,10,12-14,21-23H,3-5,9,11H2,1-2H3. The number of hydrogen-bond acceptors (Lipinski definition) is 6. The predicted molar refractivity (Wildman–Crippen MR) is 105 cm³/mol. The number of pyridine rings is 1. The van der Waals surface area contributed by atoms with Crippen molar-refractivity contribution in [2.45, 2.75) is 32.6 Å². The lowest BCUT2D eigenvalue weighted by molar-refractivity contribution is 0.398. The lowest BCUT2D eigenvalue weighted by Crippen LogP contribution is -2.07. The second-order valence-corrected chi connectivity index (χ2v) is 5.99. The van der Waals surface area contributed by atoms with E-state index in [0.29, 0.717) is 12.3 Å². The highest BCUT2D eigenvalue weighted by molar-refractivity contribution is 5.87. The zero-order valence-corrected chi connectivity index (χ0v) is 15.3. The first-order valence-corrected chi connectivity index (χ1v) is 8.73. The fourth-order valence-corrected chi connectivity index (χ4v) is 2.57. The van der Waals surface area contributed by atoms with E-state index in [1.807, 2.05) is 18.2 Å². The van der Waals surface area contributed by atoms with E-state index in [4.69, 9.17) is 20.3 Å². The normalized spacial score (nSPS) is 10.2. The number of aromatic nitrogens is 1. The number of methoxy groups -OCH3 is 1. The number of unbranched alkanes of at least 4 members (excludes halogenated alkanes) is 2. The molecule has 0 unspecified atom stereocenters. The molecule has 2 rings (SSSR count). The van der Waals surface area contributed by atoms with Gasteiger partial charge in [0.1, 0.15) is 0 Å². The maximum Gasteiger partial charge on any atom is 0.213 e. The first-order valence-electron chi connectivity index (χ1n) is 8.73. The molecule has 0 amide bonds. The molecule has 1 aromatic heterocycles. The molecule has 0 radical (unpaired) electrons. The number of rotatable bonds is 9. The van der Waals surface area contributed by atoms with Crippen molar-refractivity contribution >= 4 is 17.5 Å². The third kappa shape index (κ3) is 6.55. The molecule has 26 heavy (non-hydrogen) atoms. The van der Waals surface area contributed by atoms with Crippen LogP contribution in [0, 0.1) is 10.8 Å². The van der Waals surface area contributed by atoms with E-state index in [1.54, 1.807) is 13.3 Å². The Bertz CT molecular complexity index is 746. The molecule has 1 aromatic carbocycles. The monoisotopic (exact) mass is 354 g/mol. The Morgan fingerprint density at radius 3 is 2.65 bits per heavy atom. The van der Waals surface area contributed by atoms with Crippen molar-refractivity contribution in [2.24, 2.45) is 0 Å². The molecule has 0 atom stereocenters. The summed E-state index contributed by atoms with van der Waals surface area (Å²) in [7, 11) is 1.62. The Labute approximate surface area is 154 Å². The zero-order chi connectivity index (χ0) is 18.8. The zero-order valence-electron chi connectivity index (χ0n) is 15.3. The van der Waals surface area contributed by atoms with E-state index < -0.39 is 0 Å². The van der Waals surface area contributed by atoms with Gasteiger partial charge >= 0.3 is 0 Å². The van der Waals surface area contributed by atoms with Gasteiger partial charge in [0.15, 0.2) is 11.8 Å². The number of ether oxygens (including phenoxy) is 2. The summed E-state index contributed by atoms with van der Waals surface area (Å²) in [4.78, 5) is 4.14. The number of nitrogens with zero attached hydrogens (tertiary/aromatic N) is 1. The van der Waals surface area contributed by atoms with Gasteiger partial charge in [0.25, 0.3) is 0 Å². The van der Waals surface area contributed by atoms with Gasteiger partial charge in [-0.05, 0) is 42.2 Å². The average molecular weight is 354 g/mol. The van der Waals surface area contributed by atoms with Crippen LogP contribution < -0.4 is 10.1 Å². The van der Waals surface area contributed by atoms with E-state index in [0.717, 1.165) is 42.6 Å². The minimum absolute atomic E-state index is 0.0726. The van der Waals surface area contributed by atoms with Gasteiger partial charge in [0.05, 0.1) is 7.11 Å². The van der Waals surface area contributed by atoms with Crippen molar-refractivity contribution < 1.29 is 9.47 Å². The second kappa shape index (κ2) is 10.2. The van der Waals surface area contributed by atoms with Gasteiger partial charge in [-0.25, -0.2) is 4.98 Å². The van der Waals surface area contributed by atoms with Crippen LogP contribution in [0.5, 0.6) is 5.88 Å². The summed E-state index contributed by atoms with van der Waals surface area (Å²) in [6, 6.07) is 12.2. The molecule has 2 aromatic rings. The predicted octanol–water partition coefficient (Wildman–Crippen LogP) is 4.72. The molecule has 0 fully saturated rings. The van der Waals surface area contributed by atoms with E-state index in [9.17, 15) is 0 Å². The molecule has 6 nitrogen and oxygen atoms in total. The highest BCUT2D eigenvalue weighted by atomic mass is 16.5. The van der Waals surface area contributed by atoms with Crippen molar-refractivity contribution in [2.75, 3.05) is 19.0 Å². The van der Waals surface area contributed by atoms with Crippen LogP contribution in [0.1, 0.15) is 32.6 Å². The molecule has 0 aliphatic heterocycles. The Hall–Kier alpha value is -2.89. The van der Waals surface area contributed by atoms with Gasteiger partial charge in [0, 0.05) is 37.8 Å². The molecule has 0 aliphatic rings. The quantitative estimate of drug-likeness (QED) is 0.345. The van der Waals surface area contributed by atoms with Crippen LogP contribution in [-0.2, 0) is 4.74 Å². The number of benzene rings is 1. The molecule has 1 heterocycles. The molecule has 0 saturated heterocycles. The summed E-state index contributed by atoms with van der Waals surface area (Å²) < 4.78 is 10.1. The fraction of sp³-hybridized carbons (Fsp3) is 0.350. The Morgan fingerprint density at radius 2 is 1.88 bits per heavy atom. The summed E-state index contributed by atoms with van der Waals surface area (Å²) in [5.41, 5.74) is 3.26. The number of hydrogen-bond donors (Lipinski definition) is 3. The molecular formula is C20H26N4O2. The molecule has 0 saturated carbocycles. The van der Waals surface area contributed by atoms with Gasteiger partial charge in [-0.15, -0.1) is 0 Å². The van der Waals surface area contributed by atoms with Crippen molar-refractivity contribution in [3.63, 3.8) is 0 Å². The molecule has 0 spiro atoms. The second-order valence-electron chi connectivity index (χ2n) is 5.99. The molecule has 6 heteroatoms. The third-order valence-corrected chi connectivity index (χ3v) is 3.83. The fourth-order valence-electron chi connectivity index (χ4n) is 2.57. The SMILES string of the molecule is COc1cc(-c2cccc(NCCCCCC(=N)OC(C)=N)c2)ccn1. The van der Waals surface area contributed by atoms with Gasteiger partial charge in [-0.2, -0.15) is 0 Å². The van der Waals surface area contributed by atoms with Crippen molar-refractivity contribution in [1.82, 2.24) is 4.98 Å². The van der Waals surface area contributed by atoms with Crippen LogP contribution in [0.25, 0.3) is 11.1 Å². The maximum absolute atomic E-state index is 7.58. The maximum atomic E-state index is 7.58. The number of nitrogens with one attached hydrogen (secondary N) is 3. The highest BCUT2D eigenvalue weighted by Gasteiger charge is 2.02. The van der Waals surface area contributed by atoms with Crippen molar-refractivity contribution in [3.05, 3.63) is 42.6 Å². The van der Waals surface area contributed by atoms with E-state index in [2.05, 4.69) is 28.5 Å². The lowest BCUT2D eigenvalue weighted by atomic mass is 10.1. The summed E-state index contributed by atoms with van der Waals surface area (Å²) in [6.45, 7) is 2.41. The summed E-state index contributed by atoms with van der Waals surface area (Å²) in [6.07, 6.45) is 5.25. The van der Waals surface area contributed by atoms with Crippen LogP contribution in [0.4, 0.5) is 5.69 Å². The molecule has 3 N–H and O–H groups in total. The van der Waals surface area contributed by atoms with Crippen molar-refractivity contribution in [3.8, 4) is 17.0 Å². The van der Waals surface area contributed by atoms with E-state index in [1.165, 1.54) is 6.92 Å². The summed E-state index contributed by atoms with van der Waals surface area (Å²) >= 11 is 0. The first-order chi connectivity index (χ1) is 12.6. The van der Waals surface area contributed by atoms with Crippen molar-refractivity contribution in [1.29, 1.82) is 10.8 Å².